The van der Waals surface area contributed by atoms with Crippen LogP contribution < -0.4 is 5.32 Å². The van der Waals surface area contributed by atoms with Crippen LogP contribution in [0.2, 0.25) is 0 Å². The summed E-state index contributed by atoms with van der Waals surface area (Å²) in [5.41, 5.74) is -0.683. The number of nitrogens with zero attached hydrogens (tertiary/aromatic N) is 1. The molecule has 0 aromatic rings. The molecule has 0 spiro atoms. The van der Waals surface area contributed by atoms with Crippen LogP contribution in [0, 0.1) is 11.3 Å². The lowest BCUT2D eigenvalue weighted by atomic mass is 9.98. The third-order valence-corrected chi connectivity index (χ3v) is 2.24. The maximum Gasteiger partial charge on any atom is 0.411 e. The van der Waals surface area contributed by atoms with E-state index in [0.29, 0.717) is 19.4 Å². The van der Waals surface area contributed by atoms with Crippen molar-refractivity contribution in [3.63, 3.8) is 0 Å². The molecule has 1 unspecified atom stereocenters. The Labute approximate surface area is 99.9 Å². The van der Waals surface area contributed by atoms with Gasteiger partial charge < -0.3 is 4.74 Å². The average Bonchev–Trinajstić information content (AvgIpc) is 2.24. The molecule has 0 rings (SSSR count). The molecule has 0 aromatic heterocycles. The third kappa shape index (κ3) is 8.95. The van der Waals surface area contributed by atoms with Crippen LogP contribution in [-0.2, 0) is 4.74 Å². The van der Waals surface area contributed by atoms with Crippen molar-refractivity contribution in [2.75, 3.05) is 19.8 Å². The summed E-state index contributed by atoms with van der Waals surface area (Å²) in [7, 11) is 0. The van der Waals surface area contributed by atoms with E-state index in [1.54, 1.807) is 6.92 Å². The number of ether oxygens (including phenoxy) is 1. The summed E-state index contributed by atoms with van der Waals surface area (Å²) in [6, 6.07) is 2.13. The Bertz CT molecular complexity index is 250. The Balaban J connectivity index is 3.74. The zero-order valence-electron chi connectivity index (χ0n) is 10.2. The molecular formula is C11H19F3N2O. The molecule has 0 bridgehead atoms. The van der Waals surface area contributed by atoms with Crippen molar-refractivity contribution >= 4 is 0 Å². The lowest BCUT2D eigenvalue weighted by molar-refractivity contribution is -0.174. The van der Waals surface area contributed by atoms with Crippen molar-refractivity contribution in [2.45, 2.75) is 44.8 Å². The van der Waals surface area contributed by atoms with Gasteiger partial charge in [-0.3, -0.25) is 5.32 Å². The summed E-state index contributed by atoms with van der Waals surface area (Å²) in [5.74, 6) is 0. The molecule has 0 aliphatic heterocycles. The Kier molecular flexibility index (Phi) is 7.16. The number of nitriles is 1. The zero-order valence-corrected chi connectivity index (χ0v) is 10.2. The summed E-state index contributed by atoms with van der Waals surface area (Å²) in [4.78, 5) is 0. The van der Waals surface area contributed by atoms with E-state index in [-0.39, 0.29) is 6.61 Å². The van der Waals surface area contributed by atoms with Gasteiger partial charge in [0.1, 0.15) is 12.1 Å². The van der Waals surface area contributed by atoms with Gasteiger partial charge in [-0.15, -0.1) is 0 Å². The highest BCUT2D eigenvalue weighted by Gasteiger charge is 2.27. The SMILES string of the molecule is CCCNC(C)(C#N)CCCOCC(F)(F)F. The molecule has 6 heteroatoms. The first-order chi connectivity index (χ1) is 7.83. The first-order valence-electron chi connectivity index (χ1n) is 5.64. The lowest BCUT2D eigenvalue weighted by Gasteiger charge is -2.22. The fraction of sp³-hybridized carbons (Fsp3) is 0.909. The van der Waals surface area contributed by atoms with Gasteiger partial charge in [0.15, 0.2) is 0 Å². The molecule has 0 aliphatic carbocycles. The van der Waals surface area contributed by atoms with Gasteiger partial charge in [-0.1, -0.05) is 6.92 Å². The van der Waals surface area contributed by atoms with Crippen LogP contribution in [0.25, 0.3) is 0 Å². The second-order valence-corrected chi connectivity index (χ2v) is 4.14. The van der Waals surface area contributed by atoms with E-state index in [1.165, 1.54) is 0 Å². The molecule has 1 N–H and O–H groups in total. The van der Waals surface area contributed by atoms with Crippen LogP contribution >= 0.6 is 0 Å². The smallest absolute Gasteiger partial charge is 0.372 e. The molecule has 0 saturated heterocycles. The van der Waals surface area contributed by atoms with E-state index in [1.807, 2.05) is 6.92 Å². The lowest BCUT2D eigenvalue weighted by Crippen LogP contribution is -2.41. The highest BCUT2D eigenvalue weighted by Crippen LogP contribution is 2.16. The summed E-state index contributed by atoms with van der Waals surface area (Å²) in [5, 5.41) is 12.0. The fourth-order valence-corrected chi connectivity index (χ4v) is 1.30. The van der Waals surface area contributed by atoms with Crippen molar-refractivity contribution in [1.82, 2.24) is 5.32 Å². The molecule has 0 saturated carbocycles. The minimum Gasteiger partial charge on any atom is -0.372 e. The fourth-order valence-electron chi connectivity index (χ4n) is 1.30. The molecule has 17 heavy (non-hydrogen) atoms. The van der Waals surface area contributed by atoms with Gasteiger partial charge >= 0.3 is 6.18 Å². The second kappa shape index (κ2) is 7.51. The molecular weight excluding hydrogens is 233 g/mol. The van der Waals surface area contributed by atoms with E-state index >= 15 is 0 Å². The molecule has 1 atom stereocenters. The summed E-state index contributed by atoms with van der Waals surface area (Å²) in [6.45, 7) is 3.24. The number of nitrogens with one attached hydrogen (secondary N) is 1. The number of alkyl halides is 3. The predicted octanol–water partition coefficient (Wildman–Crippen LogP) is 2.63. The molecule has 0 radical (unpaired) electrons. The van der Waals surface area contributed by atoms with Crippen LogP contribution in [0.1, 0.15) is 33.1 Å². The van der Waals surface area contributed by atoms with E-state index < -0.39 is 18.3 Å². The van der Waals surface area contributed by atoms with Crippen LogP contribution in [0.4, 0.5) is 13.2 Å². The van der Waals surface area contributed by atoms with Gasteiger partial charge in [0, 0.05) is 6.61 Å². The van der Waals surface area contributed by atoms with Gasteiger partial charge in [-0.25, -0.2) is 0 Å². The van der Waals surface area contributed by atoms with Gasteiger partial charge in [0.05, 0.1) is 6.07 Å². The number of halogens is 3. The van der Waals surface area contributed by atoms with Gasteiger partial charge in [-0.2, -0.15) is 18.4 Å². The normalized spacial score (nSPS) is 15.3. The second-order valence-electron chi connectivity index (χ2n) is 4.14. The van der Waals surface area contributed by atoms with Crippen LogP contribution in [0.5, 0.6) is 0 Å². The number of hydrogen-bond donors (Lipinski definition) is 1. The highest BCUT2D eigenvalue weighted by atomic mass is 19.4. The van der Waals surface area contributed by atoms with Crippen molar-refractivity contribution in [2.24, 2.45) is 0 Å². The van der Waals surface area contributed by atoms with E-state index in [4.69, 9.17) is 5.26 Å². The zero-order chi connectivity index (χ0) is 13.4. The summed E-state index contributed by atoms with van der Waals surface area (Å²) in [6.07, 6.45) is -2.47. The molecule has 3 nitrogen and oxygen atoms in total. The van der Waals surface area contributed by atoms with Crippen LogP contribution in [0.3, 0.4) is 0 Å². The monoisotopic (exact) mass is 252 g/mol. The molecule has 0 aliphatic rings. The summed E-state index contributed by atoms with van der Waals surface area (Å²) < 4.78 is 39.8. The molecule has 0 amide bonds. The molecule has 0 fully saturated rings. The molecule has 0 aromatic carbocycles. The van der Waals surface area contributed by atoms with E-state index in [9.17, 15) is 13.2 Å². The first kappa shape index (κ1) is 16.2. The van der Waals surface area contributed by atoms with E-state index in [2.05, 4.69) is 16.1 Å². The third-order valence-electron chi connectivity index (χ3n) is 2.24. The number of hydrogen-bond acceptors (Lipinski definition) is 3. The van der Waals surface area contributed by atoms with Gasteiger partial charge in [0.25, 0.3) is 0 Å². The van der Waals surface area contributed by atoms with Crippen LogP contribution in [0.15, 0.2) is 0 Å². The van der Waals surface area contributed by atoms with Gasteiger partial charge in [0.2, 0.25) is 0 Å². The van der Waals surface area contributed by atoms with Gasteiger partial charge in [-0.05, 0) is 32.7 Å². The average molecular weight is 252 g/mol. The van der Waals surface area contributed by atoms with Crippen molar-refractivity contribution in [3.8, 4) is 6.07 Å². The Hall–Kier alpha value is -0.800. The quantitative estimate of drug-likeness (QED) is 0.675. The maximum atomic E-state index is 11.8. The maximum absolute atomic E-state index is 11.8. The Morgan fingerprint density at radius 1 is 1.35 bits per heavy atom. The minimum atomic E-state index is -4.28. The molecule has 100 valence electrons. The van der Waals surface area contributed by atoms with E-state index in [0.717, 1.165) is 6.42 Å². The Morgan fingerprint density at radius 2 is 2.00 bits per heavy atom. The Morgan fingerprint density at radius 3 is 2.47 bits per heavy atom. The minimum absolute atomic E-state index is 0.0184. The van der Waals surface area contributed by atoms with Crippen molar-refractivity contribution in [1.29, 1.82) is 5.26 Å². The summed E-state index contributed by atoms with van der Waals surface area (Å²) >= 11 is 0. The topological polar surface area (TPSA) is 45.0 Å². The van der Waals surface area contributed by atoms with Crippen molar-refractivity contribution in [3.05, 3.63) is 0 Å². The standard InChI is InChI=1S/C11H19F3N2O/c1-3-6-16-10(2,8-15)5-4-7-17-9-11(12,13)14/h16H,3-7,9H2,1-2H3. The number of rotatable bonds is 8. The van der Waals surface area contributed by atoms with Crippen LogP contribution in [-0.4, -0.2) is 31.5 Å². The largest absolute Gasteiger partial charge is 0.411 e. The molecule has 0 heterocycles. The predicted molar refractivity (Wildman–Crippen MR) is 58.4 cm³/mol. The first-order valence-corrected chi connectivity index (χ1v) is 5.64. The highest BCUT2D eigenvalue weighted by molar-refractivity contribution is 5.03. The van der Waals surface area contributed by atoms with Crippen molar-refractivity contribution < 1.29 is 17.9 Å².